The molecule has 1 aliphatic rings. The van der Waals surface area contributed by atoms with Gasteiger partial charge in [-0.05, 0) is 36.4 Å². The molecule has 2 aromatic rings. The van der Waals surface area contributed by atoms with E-state index in [1.54, 1.807) is 0 Å². The number of fused-ring (bicyclic) bond motifs is 1. The Morgan fingerprint density at radius 2 is 1.95 bits per heavy atom. The molecule has 0 radical (unpaired) electrons. The Labute approximate surface area is 121 Å². The van der Waals surface area contributed by atoms with Gasteiger partial charge in [0, 0.05) is 18.8 Å². The zero-order chi connectivity index (χ0) is 13.9. The van der Waals surface area contributed by atoms with Gasteiger partial charge >= 0.3 is 0 Å². The van der Waals surface area contributed by atoms with Crippen molar-refractivity contribution in [3.05, 3.63) is 53.6 Å². The molecular formula is C17H23N3. The van der Waals surface area contributed by atoms with Crippen LogP contribution in [0.15, 0.2) is 36.8 Å². The van der Waals surface area contributed by atoms with Crippen LogP contribution in [0, 0.1) is 5.92 Å². The average molecular weight is 269 g/mol. The lowest BCUT2D eigenvalue weighted by molar-refractivity contribution is 0.485. The van der Waals surface area contributed by atoms with E-state index in [4.69, 9.17) is 0 Å². The molecule has 0 fully saturated rings. The Morgan fingerprint density at radius 1 is 1.25 bits per heavy atom. The molecule has 0 amide bonds. The summed E-state index contributed by atoms with van der Waals surface area (Å²) >= 11 is 0. The van der Waals surface area contributed by atoms with Crippen molar-refractivity contribution < 1.29 is 0 Å². The van der Waals surface area contributed by atoms with E-state index in [9.17, 15) is 0 Å². The Bertz CT molecular complexity index is 546. The van der Waals surface area contributed by atoms with Crippen LogP contribution >= 0.6 is 0 Å². The number of aromatic nitrogens is 2. The minimum absolute atomic E-state index is 0.533. The molecule has 0 unspecified atom stereocenters. The van der Waals surface area contributed by atoms with Crippen molar-refractivity contribution in [3.63, 3.8) is 0 Å². The number of nitrogens with one attached hydrogen (secondary N) is 1. The van der Waals surface area contributed by atoms with E-state index in [1.807, 2.05) is 12.5 Å². The fourth-order valence-corrected chi connectivity index (χ4v) is 3.02. The van der Waals surface area contributed by atoms with Gasteiger partial charge in [-0.25, -0.2) is 4.98 Å². The SMILES string of the molecule is CC(C)CNCc1cncn1C1Cc2ccccc2C1. The van der Waals surface area contributed by atoms with Gasteiger partial charge < -0.3 is 9.88 Å². The Balaban J connectivity index is 1.69. The highest BCUT2D eigenvalue weighted by molar-refractivity contribution is 5.33. The lowest BCUT2D eigenvalue weighted by Crippen LogP contribution is -2.22. The zero-order valence-corrected chi connectivity index (χ0v) is 12.3. The maximum absolute atomic E-state index is 4.35. The molecule has 1 N–H and O–H groups in total. The lowest BCUT2D eigenvalue weighted by atomic mass is 10.1. The number of rotatable bonds is 5. The molecule has 1 aromatic carbocycles. The fourth-order valence-electron chi connectivity index (χ4n) is 3.02. The quantitative estimate of drug-likeness (QED) is 0.904. The molecule has 106 valence electrons. The molecule has 0 spiro atoms. The molecule has 0 bridgehead atoms. The predicted octanol–water partition coefficient (Wildman–Crippen LogP) is 2.97. The average Bonchev–Trinajstić information content (AvgIpc) is 3.03. The van der Waals surface area contributed by atoms with E-state index in [1.165, 1.54) is 16.8 Å². The van der Waals surface area contributed by atoms with Gasteiger partial charge in [0.25, 0.3) is 0 Å². The Morgan fingerprint density at radius 3 is 2.60 bits per heavy atom. The molecule has 20 heavy (non-hydrogen) atoms. The first kappa shape index (κ1) is 13.4. The molecule has 1 heterocycles. The topological polar surface area (TPSA) is 29.9 Å². The summed E-state index contributed by atoms with van der Waals surface area (Å²) in [6, 6.07) is 9.32. The minimum atomic E-state index is 0.533. The van der Waals surface area contributed by atoms with Crippen LogP contribution in [0.1, 0.15) is 36.7 Å². The molecule has 3 heteroatoms. The van der Waals surface area contributed by atoms with E-state index in [0.29, 0.717) is 12.0 Å². The highest BCUT2D eigenvalue weighted by Crippen LogP contribution is 2.30. The van der Waals surface area contributed by atoms with Crippen LogP contribution in [-0.4, -0.2) is 16.1 Å². The number of hydrogen-bond acceptors (Lipinski definition) is 2. The van der Waals surface area contributed by atoms with Crippen LogP contribution < -0.4 is 5.32 Å². The van der Waals surface area contributed by atoms with Crippen LogP contribution in [-0.2, 0) is 19.4 Å². The summed E-state index contributed by atoms with van der Waals surface area (Å²) in [4.78, 5) is 4.35. The first-order chi connectivity index (χ1) is 9.74. The van der Waals surface area contributed by atoms with Gasteiger partial charge in [-0.2, -0.15) is 0 Å². The van der Waals surface area contributed by atoms with Crippen molar-refractivity contribution in [2.45, 2.75) is 39.3 Å². The molecule has 1 aromatic heterocycles. The monoisotopic (exact) mass is 269 g/mol. The summed E-state index contributed by atoms with van der Waals surface area (Å²) in [6.45, 7) is 6.43. The second kappa shape index (κ2) is 5.80. The molecule has 0 aliphatic heterocycles. The third-order valence-corrected chi connectivity index (χ3v) is 4.03. The molecule has 1 aliphatic carbocycles. The van der Waals surface area contributed by atoms with Crippen LogP contribution in [0.4, 0.5) is 0 Å². The largest absolute Gasteiger partial charge is 0.330 e. The molecular weight excluding hydrogens is 246 g/mol. The van der Waals surface area contributed by atoms with Crippen molar-refractivity contribution >= 4 is 0 Å². The maximum atomic E-state index is 4.35. The summed E-state index contributed by atoms with van der Waals surface area (Å²) in [5, 5.41) is 3.51. The van der Waals surface area contributed by atoms with E-state index in [2.05, 4.69) is 53.0 Å². The number of nitrogens with zero attached hydrogens (tertiary/aromatic N) is 2. The van der Waals surface area contributed by atoms with Crippen molar-refractivity contribution in [1.29, 1.82) is 0 Å². The third-order valence-electron chi connectivity index (χ3n) is 4.03. The second-order valence-electron chi connectivity index (χ2n) is 6.15. The van der Waals surface area contributed by atoms with Crippen LogP contribution in [0.3, 0.4) is 0 Å². The normalized spacial score (nSPS) is 14.9. The van der Waals surface area contributed by atoms with Crippen LogP contribution in [0.5, 0.6) is 0 Å². The maximum Gasteiger partial charge on any atom is 0.0951 e. The molecule has 0 saturated carbocycles. The third kappa shape index (κ3) is 2.78. The summed E-state index contributed by atoms with van der Waals surface area (Å²) in [5.74, 6) is 0.683. The van der Waals surface area contributed by atoms with Crippen molar-refractivity contribution in [2.24, 2.45) is 5.92 Å². The summed E-state index contributed by atoms with van der Waals surface area (Å²) in [6.07, 6.45) is 6.24. The minimum Gasteiger partial charge on any atom is -0.330 e. The predicted molar refractivity (Wildman–Crippen MR) is 81.7 cm³/mol. The highest BCUT2D eigenvalue weighted by Gasteiger charge is 2.23. The lowest BCUT2D eigenvalue weighted by Gasteiger charge is -2.16. The van der Waals surface area contributed by atoms with Crippen LogP contribution in [0.25, 0.3) is 0 Å². The molecule has 0 atom stereocenters. The van der Waals surface area contributed by atoms with E-state index < -0.39 is 0 Å². The zero-order valence-electron chi connectivity index (χ0n) is 12.3. The molecule has 3 nitrogen and oxygen atoms in total. The summed E-state index contributed by atoms with van der Waals surface area (Å²) in [5.41, 5.74) is 4.28. The van der Waals surface area contributed by atoms with Gasteiger partial charge in [0.1, 0.15) is 0 Å². The summed E-state index contributed by atoms with van der Waals surface area (Å²) < 4.78 is 2.35. The first-order valence-electron chi connectivity index (χ1n) is 7.52. The number of benzene rings is 1. The Hall–Kier alpha value is -1.61. The van der Waals surface area contributed by atoms with Crippen molar-refractivity contribution in [3.8, 4) is 0 Å². The van der Waals surface area contributed by atoms with E-state index in [0.717, 1.165) is 25.9 Å². The number of imidazole rings is 1. The van der Waals surface area contributed by atoms with Crippen molar-refractivity contribution in [2.75, 3.05) is 6.54 Å². The van der Waals surface area contributed by atoms with Gasteiger partial charge in [-0.1, -0.05) is 38.1 Å². The van der Waals surface area contributed by atoms with Crippen LogP contribution in [0.2, 0.25) is 0 Å². The Kier molecular flexibility index (Phi) is 3.88. The second-order valence-corrected chi connectivity index (χ2v) is 6.15. The van der Waals surface area contributed by atoms with Gasteiger partial charge in [0.2, 0.25) is 0 Å². The standard InChI is InChI=1S/C17H23N3/c1-13(2)9-18-10-17-11-19-12-20(17)16-7-14-5-3-4-6-15(14)8-16/h3-6,11-13,16,18H,7-10H2,1-2H3. The van der Waals surface area contributed by atoms with E-state index >= 15 is 0 Å². The molecule has 3 rings (SSSR count). The van der Waals surface area contributed by atoms with Gasteiger partial charge in [-0.15, -0.1) is 0 Å². The van der Waals surface area contributed by atoms with Crippen molar-refractivity contribution in [1.82, 2.24) is 14.9 Å². The number of hydrogen-bond donors (Lipinski definition) is 1. The van der Waals surface area contributed by atoms with Gasteiger partial charge in [-0.3, -0.25) is 0 Å². The summed E-state index contributed by atoms with van der Waals surface area (Å²) in [7, 11) is 0. The molecule has 0 saturated heterocycles. The van der Waals surface area contributed by atoms with Gasteiger partial charge in [0.05, 0.1) is 12.0 Å². The highest BCUT2D eigenvalue weighted by atomic mass is 15.1. The smallest absolute Gasteiger partial charge is 0.0951 e. The fraction of sp³-hybridized carbons (Fsp3) is 0.471. The van der Waals surface area contributed by atoms with Gasteiger partial charge in [0.15, 0.2) is 0 Å². The van der Waals surface area contributed by atoms with E-state index in [-0.39, 0.29) is 0 Å². The first-order valence-corrected chi connectivity index (χ1v) is 7.52.